The zero-order valence-electron chi connectivity index (χ0n) is 14.2. The zero-order chi connectivity index (χ0) is 17.3. The van der Waals surface area contributed by atoms with Gasteiger partial charge < -0.3 is 15.1 Å². The molecule has 1 N–H and O–H groups in total. The first-order valence-corrected chi connectivity index (χ1v) is 8.54. The topological polar surface area (TPSA) is 52.7 Å². The Balaban J connectivity index is 1.73. The summed E-state index contributed by atoms with van der Waals surface area (Å²) < 4.78 is 13.4. The van der Waals surface area contributed by atoms with Crippen LogP contribution in [0.15, 0.2) is 24.3 Å². The van der Waals surface area contributed by atoms with Crippen LogP contribution in [0.5, 0.6) is 0 Å². The summed E-state index contributed by atoms with van der Waals surface area (Å²) in [5.41, 5.74) is 0.779. The Morgan fingerprint density at radius 3 is 2.92 bits per heavy atom. The molecule has 5 nitrogen and oxygen atoms in total. The van der Waals surface area contributed by atoms with Gasteiger partial charge in [-0.05, 0) is 50.3 Å². The third kappa shape index (κ3) is 3.52. The van der Waals surface area contributed by atoms with Crippen molar-refractivity contribution in [1.82, 2.24) is 15.1 Å². The number of halogens is 1. The van der Waals surface area contributed by atoms with Gasteiger partial charge in [-0.1, -0.05) is 12.1 Å². The van der Waals surface area contributed by atoms with Crippen molar-refractivity contribution in [3.05, 3.63) is 35.6 Å². The number of benzene rings is 1. The molecule has 2 heterocycles. The van der Waals surface area contributed by atoms with E-state index < -0.39 is 6.04 Å². The Kier molecular flexibility index (Phi) is 4.73. The molecule has 1 aromatic carbocycles. The van der Waals surface area contributed by atoms with E-state index >= 15 is 0 Å². The number of carbonyl (C=O) groups is 2. The minimum atomic E-state index is -0.398. The Morgan fingerprint density at radius 2 is 2.21 bits per heavy atom. The maximum absolute atomic E-state index is 13.4. The SMILES string of the molecule is CC(C)NC(=O)N1CC[C@H]2C[C@@H]1C(=O)N(Cc1cccc(F)c1)C2. The first-order chi connectivity index (χ1) is 11.4. The van der Waals surface area contributed by atoms with Crippen LogP contribution in [0.1, 0.15) is 32.3 Å². The molecular weight excluding hydrogens is 309 g/mol. The number of fused-ring (bicyclic) bond motifs is 2. The van der Waals surface area contributed by atoms with Crippen LogP contribution < -0.4 is 5.32 Å². The van der Waals surface area contributed by atoms with Crippen LogP contribution in [0, 0.1) is 11.7 Å². The lowest BCUT2D eigenvalue weighted by Crippen LogP contribution is -2.61. The number of piperidine rings is 2. The summed E-state index contributed by atoms with van der Waals surface area (Å²) in [5, 5.41) is 2.87. The fraction of sp³-hybridized carbons (Fsp3) is 0.556. The molecule has 0 spiro atoms. The van der Waals surface area contributed by atoms with E-state index in [9.17, 15) is 14.0 Å². The van der Waals surface area contributed by atoms with Gasteiger partial charge in [-0.15, -0.1) is 0 Å². The molecule has 2 aliphatic heterocycles. The van der Waals surface area contributed by atoms with E-state index in [4.69, 9.17) is 0 Å². The van der Waals surface area contributed by atoms with Crippen molar-refractivity contribution in [3.63, 3.8) is 0 Å². The number of rotatable bonds is 3. The zero-order valence-corrected chi connectivity index (χ0v) is 14.2. The molecule has 2 saturated heterocycles. The van der Waals surface area contributed by atoms with E-state index in [0.717, 1.165) is 18.4 Å². The molecule has 3 amide bonds. The van der Waals surface area contributed by atoms with Crippen molar-refractivity contribution in [2.45, 2.75) is 45.3 Å². The first-order valence-electron chi connectivity index (χ1n) is 8.54. The molecule has 2 atom stereocenters. The number of amides is 3. The predicted octanol–water partition coefficient (Wildman–Crippen LogP) is 2.37. The average Bonchev–Trinajstić information content (AvgIpc) is 2.52. The summed E-state index contributed by atoms with van der Waals surface area (Å²) in [4.78, 5) is 28.6. The van der Waals surface area contributed by atoms with Crippen LogP contribution in [0.4, 0.5) is 9.18 Å². The summed E-state index contributed by atoms with van der Waals surface area (Å²) in [6.07, 6.45) is 1.62. The summed E-state index contributed by atoms with van der Waals surface area (Å²) in [5.74, 6) is 0.0774. The van der Waals surface area contributed by atoms with E-state index in [1.807, 2.05) is 19.9 Å². The van der Waals surface area contributed by atoms with Gasteiger partial charge in [0.1, 0.15) is 11.9 Å². The van der Waals surface area contributed by atoms with Gasteiger partial charge >= 0.3 is 6.03 Å². The third-order valence-corrected chi connectivity index (χ3v) is 4.72. The van der Waals surface area contributed by atoms with Crippen molar-refractivity contribution in [1.29, 1.82) is 0 Å². The van der Waals surface area contributed by atoms with Gasteiger partial charge in [0.25, 0.3) is 0 Å². The van der Waals surface area contributed by atoms with Crippen LogP contribution in [0.3, 0.4) is 0 Å². The van der Waals surface area contributed by atoms with Crippen LogP contribution in [-0.4, -0.2) is 46.9 Å². The van der Waals surface area contributed by atoms with E-state index in [1.54, 1.807) is 15.9 Å². The predicted molar refractivity (Wildman–Crippen MR) is 88.7 cm³/mol. The fourth-order valence-electron chi connectivity index (χ4n) is 3.62. The molecule has 6 heteroatoms. The van der Waals surface area contributed by atoms with Crippen molar-refractivity contribution >= 4 is 11.9 Å². The van der Waals surface area contributed by atoms with Crippen molar-refractivity contribution in [3.8, 4) is 0 Å². The molecule has 24 heavy (non-hydrogen) atoms. The van der Waals surface area contributed by atoms with Gasteiger partial charge in [0.2, 0.25) is 5.91 Å². The Bertz CT molecular complexity index is 634. The second-order valence-corrected chi connectivity index (χ2v) is 7.05. The van der Waals surface area contributed by atoms with Crippen molar-refractivity contribution < 1.29 is 14.0 Å². The Hall–Kier alpha value is -2.11. The molecule has 2 fully saturated rings. The van der Waals surface area contributed by atoms with E-state index in [2.05, 4.69) is 5.32 Å². The molecule has 0 aliphatic carbocycles. The molecule has 2 bridgehead atoms. The molecule has 0 radical (unpaired) electrons. The first kappa shape index (κ1) is 16.7. The third-order valence-electron chi connectivity index (χ3n) is 4.72. The molecule has 2 aliphatic rings. The smallest absolute Gasteiger partial charge is 0.318 e. The Labute approximate surface area is 141 Å². The summed E-state index contributed by atoms with van der Waals surface area (Å²) in [6, 6.07) is 5.80. The second-order valence-electron chi connectivity index (χ2n) is 7.05. The standard InChI is InChI=1S/C18H24FN3O2/c1-12(2)20-18(24)22-7-6-14-9-16(22)17(23)21(11-14)10-13-4-3-5-15(19)8-13/h3-5,8,12,14,16H,6-7,9-11H2,1-2H3,(H,20,24)/t14-,16+/m0/s1. The van der Waals surface area contributed by atoms with Crippen LogP contribution in [0.25, 0.3) is 0 Å². The molecule has 0 unspecified atom stereocenters. The van der Waals surface area contributed by atoms with Crippen LogP contribution in [0.2, 0.25) is 0 Å². The maximum atomic E-state index is 13.4. The number of carbonyl (C=O) groups excluding carboxylic acids is 2. The van der Waals surface area contributed by atoms with Crippen molar-refractivity contribution in [2.75, 3.05) is 13.1 Å². The van der Waals surface area contributed by atoms with Gasteiger partial charge in [0, 0.05) is 25.7 Å². The van der Waals surface area contributed by atoms with E-state index in [-0.39, 0.29) is 23.8 Å². The second kappa shape index (κ2) is 6.79. The molecule has 1 aromatic rings. The number of hydrogen-bond acceptors (Lipinski definition) is 2. The fourth-order valence-corrected chi connectivity index (χ4v) is 3.62. The largest absolute Gasteiger partial charge is 0.336 e. The van der Waals surface area contributed by atoms with Crippen LogP contribution >= 0.6 is 0 Å². The molecule has 0 aromatic heterocycles. The summed E-state index contributed by atoms with van der Waals surface area (Å²) in [7, 11) is 0. The normalized spacial score (nSPS) is 23.6. The quantitative estimate of drug-likeness (QED) is 0.923. The lowest BCUT2D eigenvalue weighted by molar-refractivity contribution is -0.144. The highest BCUT2D eigenvalue weighted by molar-refractivity contribution is 5.88. The maximum Gasteiger partial charge on any atom is 0.318 e. The van der Waals surface area contributed by atoms with E-state index in [0.29, 0.717) is 25.6 Å². The molecule has 130 valence electrons. The van der Waals surface area contributed by atoms with Gasteiger partial charge in [-0.25, -0.2) is 9.18 Å². The lowest BCUT2D eigenvalue weighted by atomic mass is 9.86. The van der Waals surface area contributed by atoms with Gasteiger partial charge in [-0.2, -0.15) is 0 Å². The van der Waals surface area contributed by atoms with Gasteiger partial charge in [0.15, 0.2) is 0 Å². The van der Waals surface area contributed by atoms with E-state index in [1.165, 1.54) is 12.1 Å². The molecule has 3 rings (SSSR count). The van der Waals surface area contributed by atoms with Crippen LogP contribution in [-0.2, 0) is 11.3 Å². The lowest BCUT2D eigenvalue weighted by Gasteiger charge is -2.46. The average molecular weight is 333 g/mol. The minimum Gasteiger partial charge on any atom is -0.336 e. The number of urea groups is 1. The summed E-state index contributed by atoms with van der Waals surface area (Å²) in [6.45, 7) is 5.51. The molecular formula is C18H24FN3O2. The minimum absolute atomic E-state index is 0.0332. The Morgan fingerprint density at radius 1 is 1.42 bits per heavy atom. The number of likely N-dealkylation sites (tertiary alicyclic amines) is 2. The molecule has 0 saturated carbocycles. The highest BCUT2D eigenvalue weighted by Crippen LogP contribution is 2.31. The monoisotopic (exact) mass is 333 g/mol. The number of nitrogens with one attached hydrogen (secondary N) is 1. The highest BCUT2D eigenvalue weighted by Gasteiger charge is 2.43. The number of hydrogen-bond donors (Lipinski definition) is 1. The summed E-state index contributed by atoms with van der Waals surface area (Å²) >= 11 is 0. The van der Waals surface area contributed by atoms with Gasteiger partial charge in [-0.3, -0.25) is 4.79 Å². The highest BCUT2D eigenvalue weighted by atomic mass is 19.1. The van der Waals surface area contributed by atoms with Crippen molar-refractivity contribution in [2.24, 2.45) is 5.92 Å². The van der Waals surface area contributed by atoms with Gasteiger partial charge in [0.05, 0.1) is 0 Å². The number of nitrogens with zero attached hydrogens (tertiary/aromatic N) is 2.